The lowest BCUT2D eigenvalue weighted by molar-refractivity contribution is 0.472. The van der Waals surface area contributed by atoms with E-state index in [1.807, 2.05) is 18.4 Å². The number of benzene rings is 1. The Balaban J connectivity index is 2.29. The van der Waals surface area contributed by atoms with Gasteiger partial charge in [-0.2, -0.15) is 0 Å². The third-order valence-corrected chi connectivity index (χ3v) is 3.11. The predicted octanol–water partition coefficient (Wildman–Crippen LogP) is 3.36. The van der Waals surface area contributed by atoms with Crippen LogP contribution in [0.3, 0.4) is 0 Å². The summed E-state index contributed by atoms with van der Waals surface area (Å²) < 4.78 is 5.64. The van der Waals surface area contributed by atoms with Crippen molar-refractivity contribution in [1.29, 1.82) is 0 Å². The number of rotatable bonds is 3. The molecule has 0 spiro atoms. The normalized spacial score (nSPS) is 10.4. The van der Waals surface area contributed by atoms with Gasteiger partial charge in [-0.3, -0.25) is 0 Å². The van der Waals surface area contributed by atoms with Gasteiger partial charge in [0.1, 0.15) is 5.75 Å². The van der Waals surface area contributed by atoms with Crippen LogP contribution in [0.4, 0.5) is 0 Å². The molecule has 84 valence electrons. The van der Waals surface area contributed by atoms with Crippen LogP contribution in [0.15, 0.2) is 23.6 Å². The zero-order valence-electron chi connectivity index (χ0n) is 8.74. The topological polar surface area (TPSA) is 48.1 Å². The molecule has 16 heavy (non-hydrogen) atoms. The molecule has 1 heterocycles. The van der Waals surface area contributed by atoms with Crippen molar-refractivity contribution in [1.82, 2.24) is 4.98 Å². The van der Waals surface area contributed by atoms with Gasteiger partial charge in [-0.15, -0.1) is 0 Å². The highest BCUT2D eigenvalue weighted by Gasteiger charge is 2.07. The molecule has 2 rings (SSSR count). The SMILES string of the molecule is Cc1csc(Oc2cc(Cl)ccc2CN)n1. The number of hydrogen-bond donors (Lipinski definition) is 1. The summed E-state index contributed by atoms with van der Waals surface area (Å²) in [7, 11) is 0. The first-order valence-electron chi connectivity index (χ1n) is 4.77. The Morgan fingerprint density at radius 2 is 2.31 bits per heavy atom. The molecule has 0 fully saturated rings. The maximum atomic E-state index is 5.91. The van der Waals surface area contributed by atoms with E-state index >= 15 is 0 Å². The number of halogens is 1. The van der Waals surface area contributed by atoms with Crippen molar-refractivity contribution in [2.75, 3.05) is 0 Å². The Morgan fingerprint density at radius 1 is 1.50 bits per heavy atom. The van der Waals surface area contributed by atoms with Crippen LogP contribution in [0.2, 0.25) is 5.02 Å². The number of nitrogens with zero attached hydrogens (tertiary/aromatic N) is 1. The fourth-order valence-corrected chi connectivity index (χ4v) is 2.09. The minimum Gasteiger partial charge on any atom is -0.430 e. The molecule has 0 radical (unpaired) electrons. The van der Waals surface area contributed by atoms with E-state index < -0.39 is 0 Å². The van der Waals surface area contributed by atoms with E-state index in [2.05, 4.69) is 4.98 Å². The molecular formula is C11H11ClN2OS. The van der Waals surface area contributed by atoms with Gasteiger partial charge in [-0.05, 0) is 19.1 Å². The van der Waals surface area contributed by atoms with Crippen molar-refractivity contribution in [3.05, 3.63) is 39.9 Å². The Bertz CT molecular complexity index is 498. The molecule has 0 aliphatic carbocycles. The highest BCUT2D eigenvalue weighted by Crippen LogP contribution is 2.30. The van der Waals surface area contributed by atoms with E-state index in [0.717, 1.165) is 11.3 Å². The molecule has 3 nitrogen and oxygen atoms in total. The van der Waals surface area contributed by atoms with Crippen molar-refractivity contribution in [2.45, 2.75) is 13.5 Å². The molecule has 1 aromatic heterocycles. The zero-order valence-corrected chi connectivity index (χ0v) is 10.3. The first kappa shape index (κ1) is 11.4. The lowest BCUT2D eigenvalue weighted by Gasteiger charge is -2.07. The summed E-state index contributed by atoms with van der Waals surface area (Å²) in [4.78, 5) is 4.22. The summed E-state index contributed by atoms with van der Waals surface area (Å²) in [5, 5.41) is 3.16. The van der Waals surface area contributed by atoms with Crippen LogP contribution in [-0.2, 0) is 6.54 Å². The van der Waals surface area contributed by atoms with Gasteiger partial charge in [-0.25, -0.2) is 4.98 Å². The Labute approximate surface area is 103 Å². The number of ether oxygens (including phenoxy) is 1. The van der Waals surface area contributed by atoms with Crippen LogP contribution in [0.25, 0.3) is 0 Å². The molecule has 2 N–H and O–H groups in total. The molecule has 0 saturated carbocycles. The number of aromatic nitrogens is 1. The average Bonchev–Trinajstić information content (AvgIpc) is 2.64. The monoisotopic (exact) mass is 254 g/mol. The summed E-state index contributed by atoms with van der Waals surface area (Å²) in [6, 6.07) is 5.41. The van der Waals surface area contributed by atoms with E-state index in [0.29, 0.717) is 22.5 Å². The Hall–Kier alpha value is -1.10. The van der Waals surface area contributed by atoms with Gasteiger partial charge in [0.15, 0.2) is 0 Å². The van der Waals surface area contributed by atoms with Gasteiger partial charge in [0, 0.05) is 22.5 Å². The molecule has 5 heteroatoms. The number of aryl methyl sites for hydroxylation is 1. The van der Waals surface area contributed by atoms with Gasteiger partial charge in [0.05, 0.1) is 5.69 Å². The molecule has 0 atom stereocenters. The summed E-state index contributed by atoms with van der Waals surface area (Å²) >= 11 is 7.36. The van der Waals surface area contributed by atoms with Crippen LogP contribution in [-0.4, -0.2) is 4.98 Å². The number of hydrogen-bond acceptors (Lipinski definition) is 4. The third-order valence-electron chi connectivity index (χ3n) is 2.04. The predicted molar refractivity (Wildman–Crippen MR) is 66.3 cm³/mol. The van der Waals surface area contributed by atoms with Gasteiger partial charge in [0.2, 0.25) is 0 Å². The highest BCUT2D eigenvalue weighted by atomic mass is 35.5. The molecular weight excluding hydrogens is 244 g/mol. The van der Waals surface area contributed by atoms with Crippen LogP contribution < -0.4 is 10.5 Å². The lowest BCUT2D eigenvalue weighted by atomic mass is 10.2. The van der Waals surface area contributed by atoms with Crippen molar-refractivity contribution in [3.8, 4) is 10.9 Å². The van der Waals surface area contributed by atoms with Crippen LogP contribution in [0, 0.1) is 6.92 Å². The van der Waals surface area contributed by atoms with Gasteiger partial charge in [-0.1, -0.05) is 29.0 Å². The first-order chi connectivity index (χ1) is 7.69. The molecule has 0 unspecified atom stereocenters. The van der Waals surface area contributed by atoms with Gasteiger partial charge in [0.25, 0.3) is 5.19 Å². The minimum atomic E-state index is 0.414. The van der Waals surface area contributed by atoms with Crippen molar-refractivity contribution >= 4 is 22.9 Å². The van der Waals surface area contributed by atoms with E-state index in [-0.39, 0.29) is 0 Å². The van der Waals surface area contributed by atoms with E-state index in [9.17, 15) is 0 Å². The van der Waals surface area contributed by atoms with Gasteiger partial charge < -0.3 is 10.5 Å². The largest absolute Gasteiger partial charge is 0.430 e. The van der Waals surface area contributed by atoms with Crippen LogP contribution >= 0.6 is 22.9 Å². The summed E-state index contributed by atoms with van der Waals surface area (Å²) in [5.41, 5.74) is 7.47. The molecule has 0 aliphatic heterocycles. The molecule has 0 saturated heterocycles. The molecule has 2 aromatic rings. The fraction of sp³-hybridized carbons (Fsp3) is 0.182. The van der Waals surface area contributed by atoms with Gasteiger partial charge >= 0.3 is 0 Å². The number of thiazole rings is 1. The molecule has 0 aliphatic rings. The van der Waals surface area contributed by atoms with Crippen LogP contribution in [0.5, 0.6) is 10.9 Å². The maximum absolute atomic E-state index is 5.91. The third kappa shape index (κ3) is 2.52. The van der Waals surface area contributed by atoms with E-state index in [1.165, 1.54) is 11.3 Å². The van der Waals surface area contributed by atoms with E-state index in [4.69, 9.17) is 22.1 Å². The molecule has 1 aromatic carbocycles. The van der Waals surface area contributed by atoms with Crippen molar-refractivity contribution < 1.29 is 4.74 Å². The molecule has 0 amide bonds. The zero-order chi connectivity index (χ0) is 11.5. The minimum absolute atomic E-state index is 0.414. The smallest absolute Gasteiger partial charge is 0.278 e. The number of nitrogens with two attached hydrogens (primary N) is 1. The lowest BCUT2D eigenvalue weighted by Crippen LogP contribution is -1.99. The van der Waals surface area contributed by atoms with Crippen LogP contribution in [0.1, 0.15) is 11.3 Å². The van der Waals surface area contributed by atoms with E-state index in [1.54, 1.807) is 12.1 Å². The average molecular weight is 255 g/mol. The Morgan fingerprint density at radius 3 is 2.94 bits per heavy atom. The van der Waals surface area contributed by atoms with Crippen molar-refractivity contribution in [2.24, 2.45) is 5.73 Å². The second-order valence-corrected chi connectivity index (χ2v) is 4.57. The summed E-state index contributed by atoms with van der Waals surface area (Å²) in [5.74, 6) is 0.671. The maximum Gasteiger partial charge on any atom is 0.278 e. The summed E-state index contributed by atoms with van der Waals surface area (Å²) in [6.07, 6.45) is 0. The second kappa shape index (κ2) is 4.82. The van der Waals surface area contributed by atoms with Crippen molar-refractivity contribution in [3.63, 3.8) is 0 Å². The standard InChI is InChI=1S/C11H11ClN2OS/c1-7-6-16-11(14-7)15-10-4-9(12)3-2-8(10)5-13/h2-4,6H,5,13H2,1H3. The Kier molecular flexibility index (Phi) is 3.43. The highest BCUT2D eigenvalue weighted by molar-refractivity contribution is 7.11. The fourth-order valence-electron chi connectivity index (χ4n) is 1.27. The first-order valence-corrected chi connectivity index (χ1v) is 6.03. The second-order valence-electron chi connectivity index (χ2n) is 3.31. The quantitative estimate of drug-likeness (QED) is 0.914. The molecule has 0 bridgehead atoms. The summed E-state index contributed by atoms with van der Waals surface area (Å²) in [6.45, 7) is 2.34.